The minimum atomic E-state index is -1.30. The van der Waals surface area contributed by atoms with Crippen LogP contribution in [0.5, 0.6) is 0 Å². The van der Waals surface area contributed by atoms with Crippen molar-refractivity contribution < 1.29 is 14.1 Å². The summed E-state index contributed by atoms with van der Waals surface area (Å²) in [6.07, 6.45) is 1.04. The smallest absolute Gasteiger partial charge is 0.333 e. The van der Waals surface area contributed by atoms with Crippen LogP contribution in [0, 0.1) is 0 Å². The fourth-order valence-corrected chi connectivity index (χ4v) is 1.63. The number of rotatable bonds is 4. The molecular formula is C10H10O3S. The summed E-state index contributed by atoms with van der Waals surface area (Å²) in [6, 6.07) is 8.83. The van der Waals surface area contributed by atoms with Gasteiger partial charge in [0, 0.05) is 17.3 Å². The molecule has 0 saturated carbocycles. The van der Waals surface area contributed by atoms with Gasteiger partial charge in [-0.05, 0) is 12.1 Å². The maximum atomic E-state index is 11.5. The second-order valence-electron chi connectivity index (χ2n) is 2.44. The Morgan fingerprint density at radius 3 is 2.71 bits per heavy atom. The Bertz CT molecular complexity index is 310. The van der Waals surface area contributed by atoms with Crippen molar-refractivity contribution in [3.05, 3.63) is 43.0 Å². The first kappa shape index (κ1) is 10.8. The van der Waals surface area contributed by atoms with Crippen LogP contribution in [0.25, 0.3) is 0 Å². The van der Waals surface area contributed by atoms with Gasteiger partial charge in [-0.15, -0.1) is 0 Å². The van der Waals surface area contributed by atoms with Gasteiger partial charge in [0.2, 0.25) is 0 Å². The van der Waals surface area contributed by atoms with Crippen molar-refractivity contribution in [1.82, 2.24) is 0 Å². The number of esters is 1. The van der Waals surface area contributed by atoms with E-state index in [9.17, 15) is 9.35 Å². The van der Waals surface area contributed by atoms with Crippen molar-refractivity contribution in [2.24, 2.45) is 0 Å². The van der Waals surface area contributed by atoms with Crippen LogP contribution in [0.3, 0.4) is 0 Å². The van der Waals surface area contributed by atoms with Gasteiger partial charge in [0.05, 0.1) is 0 Å². The molecule has 14 heavy (non-hydrogen) atoms. The van der Waals surface area contributed by atoms with E-state index in [1.807, 2.05) is 6.07 Å². The summed E-state index contributed by atoms with van der Waals surface area (Å²) in [5, 5.41) is 0. The van der Waals surface area contributed by atoms with Gasteiger partial charge >= 0.3 is 5.97 Å². The summed E-state index contributed by atoms with van der Waals surface area (Å²) in [5.74, 6) is -0.691. The van der Waals surface area contributed by atoms with Gasteiger partial charge < -0.3 is 9.29 Å². The molecule has 74 valence electrons. The summed E-state index contributed by atoms with van der Waals surface area (Å²) >= 11 is -1.30. The van der Waals surface area contributed by atoms with Crippen molar-refractivity contribution in [1.29, 1.82) is 0 Å². The lowest BCUT2D eigenvalue weighted by atomic mass is 10.4. The summed E-state index contributed by atoms with van der Waals surface area (Å²) in [5.41, 5.74) is 0. The predicted octanol–water partition coefficient (Wildman–Crippen LogP) is 1.48. The van der Waals surface area contributed by atoms with Gasteiger partial charge in [0.1, 0.15) is 0 Å². The Morgan fingerprint density at radius 1 is 1.50 bits per heavy atom. The molecule has 1 aromatic rings. The minimum Gasteiger partial charge on any atom is -0.609 e. The first-order chi connectivity index (χ1) is 6.74. The average Bonchev–Trinajstić information content (AvgIpc) is 2.26. The molecule has 1 rings (SSSR count). The zero-order chi connectivity index (χ0) is 10.4. The molecule has 4 heteroatoms. The molecule has 1 unspecified atom stereocenters. The SMILES string of the molecule is C=CC(=O)OC[S+]([O-])c1ccccc1. The molecule has 0 heterocycles. The van der Waals surface area contributed by atoms with Crippen molar-refractivity contribution in [3.8, 4) is 0 Å². The fourth-order valence-electron chi connectivity index (χ4n) is 0.811. The van der Waals surface area contributed by atoms with Crippen LogP contribution in [-0.4, -0.2) is 16.5 Å². The van der Waals surface area contributed by atoms with E-state index in [1.54, 1.807) is 24.3 Å². The van der Waals surface area contributed by atoms with Crippen LogP contribution in [-0.2, 0) is 20.7 Å². The van der Waals surface area contributed by atoms with Crippen molar-refractivity contribution in [2.75, 3.05) is 5.94 Å². The van der Waals surface area contributed by atoms with E-state index in [4.69, 9.17) is 0 Å². The Morgan fingerprint density at radius 2 is 2.14 bits per heavy atom. The lowest BCUT2D eigenvalue weighted by Gasteiger charge is -2.08. The highest BCUT2D eigenvalue weighted by Gasteiger charge is 2.11. The standard InChI is InChI=1S/C10H10O3S/c1-2-10(11)13-8-14(12)9-6-4-3-5-7-9/h2-7H,1,8H2. The Hall–Kier alpha value is -1.26. The number of ether oxygens (including phenoxy) is 1. The van der Waals surface area contributed by atoms with E-state index in [1.165, 1.54) is 0 Å². The van der Waals surface area contributed by atoms with Gasteiger partial charge in [0.15, 0.2) is 4.90 Å². The topological polar surface area (TPSA) is 49.4 Å². The molecular weight excluding hydrogens is 200 g/mol. The molecule has 0 fully saturated rings. The minimum absolute atomic E-state index is 0.130. The summed E-state index contributed by atoms with van der Waals surface area (Å²) in [4.78, 5) is 11.3. The van der Waals surface area contributed by atoms with Gasteiger partial charge in [-0.2, -0.15) is 0 Å². The third kappa shape index (κ3) is 3.24. The van der Waals surface area contributed by atoms with E-state index < -0.39 is 17.1 Å². The van der Waals surface area contributed by atoms with Crippen LogP contribution in [0.4, 0.5) is 0 Å². The second kappa shape index (κ2) is 5.47. The number of carbonyl (C=O) groups is 1. The zero-order valence-electron chi connectivity index (χ0n) is 7.51. The predicted molar refractivity (Wildman–Crippen MR) is 54.0 cm³/mol. The average molecular weight is 210 g/mol. The van der Waals surface area contributed by atoms with Gasteiger partial charge in [-0.1, -0.05) is 24.8 Å². The fraction of sp³-hybridized carbons (Fsp3) is 0.100. The van der Waals surface area contributed by atoms with Gasteiger partial charge in [-0.3, -0.25) is 0 Å². The number of benzene rings is 1. The largest absolute Gasteiger partial charge is 0.609 e. The molecule has 3 nitrogen and oxygen atoms in total. The third-order valence-corrected chi connectivity index (χ3v) is 2.61. The van der Waals surface area contributed by atoms with Crippen LogP contribution in [0.15, 0.2) is 47.9 Å². The highest BCUT2D eigenvalue weighted by Crippen LogP contribution is 2.09. The maximum absolute atomic E-state index is 11.5. The molecule has 0 aliphatic heterocycles. The third-order valence-electron chi connectivity index (χ3n) is 1.48. The van der Waals surface area contributed by atoms with Crippen LogP contribution in [0.1, 0.15) is 0 Å². The summed E-state index contributed by atoms with van der Waals surface area (Å²) < 4.78 is 16.1. The van der Waals surface area contributed by atoms with E-state index in [-0.39, 0.29) is 5.94 Å². The Kier molecular flexibility index (Phi) is 4.22. The summed E-state index contributed by atoms with van der Waals surface area (Å²) in [6.45, 7) is 3.24. The molecule has 0 N–H and O–H groups in total. The molecule has 0 amide bonds. The van der Waals surface area contributed by atoms with E-state index >= 15 is 0 Å². The monoisotopic (exact) mass is 210 g/mol. The van der Waals surface area contributed by atoms with E-state index in [0.29, 0.717) is 4.90 Å². The molecule has 0 aliphatic rings. The maximum Gasteiger partial charge on any atom is 0.333 e. The quantitative estimate of drug-likeness (QED) is 0.429. The van der Waals surface area contributed by atoms with Crippen LogP contribution < -0.4 is 0 Å². The summed E-state index contributed by atoms with van der Waals surface area (Å²) in [7, 11) is 0. The molecule has 1 aromatic carbocycles. The van der Waals surface area contributed by atoms with Gasteiger partial charge in [-0.25, -0.2) is 4.79 Å². The Balaban J connectivity index is 2.47. The van der Waals surface area contributed by atoms with Gasteiger partial charge in [0.25, 0.3) is 5.94 Å². The van der Waals surface area contributed by atoms with E-state index in [2.05, 4.69) is 11.3 Å². The van der Waals surface area contributed by atoms with E-state index in [0.717, 1.165) is 6.08 Å². The normalized spacial score (nSPS) is 11.8. The Labute approximate surface area is 85.6 Å². The van der Waals surface area contributed by atoms with Crippen LogP contribution in [0.2, 0.25) is 0 Å². The van der Waals surface area contributed by atoms with Crippen molar-refractivity contribution in [3.63, 3.8) is 0 Å². The molecule has 0 spiro atoms. The second-order valence-corrected chi connectivity index (χ2v) is 3.84. The number of hydrogen-bond donors (Lipinski definition) is 0. The lowest BCUT2D eigenvalue weighted by molar-refractivity contribution is -0.135. The first-order valence-electron chi connectivity index (χ1n) is 3.96. The zero-order valence-corrected chi connectivity index (χ0v) is 8.33. The molecule has 0 radical (unpaired) electrons. The van der Waals surface area contributed by atoms with Crippen molar-refractivity contribution in [2.45, 2.75) is 4.90 Å². The highest BCUT2D eigenvalue weighted by atomic mass is 32.2. The first-order valence-corrected chi connectivity index (χ1v) is 5.28. The molecule has 0 aliphatic carbocycles. The highest BCUT2D eigenvalue weighted by molar-refractivity contribution is 7.91. The number of carbonyl (C=O) groups excluding carboxylic acids is 1. The molecule has 0 aromatic heterocycles. The number of hydrogen-bond acceptors (Lipinski definition) is 3. The molecule has 1 atom stereocenters. The molecule has 0 saturated heterocycles. The lowest BCUT2D eigenvalue weighted by Crippen LogP contribution is -2.13. The van der Waals surface area contributed by atoms with Crippen LogP contribution >= 0.6 is 0 Å². The van der Waals surface area contributed by atoms with Crippen molar-refractivity contribution >= 4 is 17.1 Å². The molecule has 0 bridgehead atoms.